The number of hydrogen-bond donors (Lipinski definition) is 3. The summed E-state index contributed by atoms with van der Waals surface area (Å²) in [6.45, 7) is -0.0911. The van der Waals surface area contributed by atoms with Crippen molar-refractivity contribution in [2.75, 3.05) is 11.5 Å². The van der Waals surface area contributed by atoms with Crippen LogP contribution in [0.5, 0.6) is 0 Å². The summed E-state index contributed by atoms with van der Waals surface area (Å²) < 4.78 is 39.1. The molecular formula is C20H15F3N4O. The highest BCUT2D eigenvalue weighted by atomic mass is 19.4. The van der Waals surface area contributed by atoms with Gasteiger partial charge in [0.2, 0.25) is 5.95 Å². The number of nitrogens with zero attached hydrogens (tertiary/aromatic N) is 2. The third-order valence-electron chi connectivity index (χ3n) is 3.89. The second-order valence-electron chi connectivity index (χ2n) is 5.87. The molecule has 0 aliphatic carbocycles. The lowest BCUT2D eigenvalue weighted by Gasteiger charge is -2.11. The summed E-state index contributed by atoms with van der Waals surface area (Å²) in [5.74, 6) is 5.50. The topological polar surface area (TPSA) is 98.0 Å². The van der Waals surface area contributed by atoms with Gasteiger partial charge in [-0.1, -0.05) is 36.1 Å². The lowest BCUT2D eigenvalue weighted by Crippen LogP contribution is -2.07. The Hall–Kier alpha value is -3.57. The Morgan fingerprint density at radius 3 is 2.32 bits per heavy atom. The van der Waals surface area contributed by atoms with Crippen LogP contribution in [0.4, 0.5) is 24.9 Å². The lowest BCUT2D eigenvalue weighted by atomic mass is 10.0. The Morgan fingerprint density at radius 2 is 1.68 bits per heavy atom. The molecule has 0 unspecified atom stereocenters. The number of nitrogens with two attached hydrogens (primary N) is 2. The second kappa shape index (κ2) is 7.58. The summed E-state index contributed by atoms with van der Waals surface area (Å²) >= 11 is 0. The minimum Gasteiger partial charge on any atom is -0.392 e. The summed E-state index contributed by atoms with van der Waals surface area (Å²) in [7, 11) is 0. The zero-order chi connectivity index (χ0) is 20.3. The van der Waals surface area contributed by atoms with Gasteiger partial charge in [-0.3, -0.25) is 0 Å². The number of alkyl halides is 3. The van der Waals surface area contributed by atoms with E-state index >= 15 is 0 Å². The first-order chi connectivity index (χ1) is 13.3. The highest BCUT2D eigenvalue weighted by Crippen LogP contribution is 2.33. The lowest BCUT2D eigenvalue weighted by molar-refractivity contribution is -0.137. The van der Waals surface area contributed by atoms with Crippen LogP contribution in [0.25, 0.3) is 11.3 Å². The number of benzene rings is 2. The average Bonchev–Trinajstić information content (AvgIpc) is 2.66. The van der Waals surface area contributed by atoms with Crippen LogP contribution in [-0.4, -0.2) is 15.1 Å². The van der Waals surface area contributed by atoms with Crippen molar-refractivity contribution in [1.29, 1.82) is 0 Å². The fourth-order valence-electron chi connectivity index (χ4n) is 2.50. The number of nitrogen functional groups attached to an aromatic ring is 2. The van der Waals surface area contributed by atoms with Crippen LogP contribution in [0.15, 0.2) is 48.5 Å². The summed E-state index contributed by atoms with van der Waals surface area (Å²) in [4.78, 5) is 7.91. The Balaban J connectivity index is 2.10. The molecule has 3 rings (SSSR count). The monoisotopic (exact) mass is 384 g/mol. The molecule has 28 heavy (non-hydrogen) atoms. The summed E-state index contributed by atoms with van der Waals surface area (Å²) in [6, 6.07) is 11.5. The smallest absolute Gasteiger partial charge is 0.392 e. The van der Waals surface area contributed by atoms with Crippen molar-refractivity contribution in [3.8, 4) is 23.1 Å². The van der Waals surface area contributed by atoms with Crippen molar-refractivity contribution in [2.24, 2.45) is 0 Å². The van der Waals surface area contributed by atoms with E-state index in [9.17, 15) is 13.2 Å². The van der Waals surface area contributed by atoms with Crippen molar-refractivity contribution < 1.29 is 18.3 Å². The van der Waals surface area contributed by atoms with Gasteiger partial charge in [-0.05, 0) is 29.8 Å². The number of aliphatic hydroxyl groups is 1. The van der Waals surface area contributed by atoms with Gasteiger partial charge in [-0.25, -0.2) is 4.98 Å². The molecule has 1 heterocycles. The molecule has 5 nitrogen and oxygen atoms in total. The third-order valence-corrected chi connectivity index (χ3v) is 3.89. The van der Waals surface area contributed by atoms with E-state index in [4.69, 9.17) is 16.6 Å². The number of halogens is 3. The minimum absolute atomic E-state index is 0.0283. The van der Waals surface area contributed by atoms with E-state index in [1.54, 1.807) is 24.3 Å². The van der Waals surface area contributed by atoms with E-state index < -0.39 is 11.7 Å². The maximum Gasteiger partial charge on any atom is 0.416 e. The molecule has 142 valence electrons. The maximum atomic E-state index is 13.0. The van der Waals surface area contributed by atoms with Crippen LogP contribution >= 0.6 is 0 Å². The van der Waals surface area contributed by atoms with Gasteiger partial charge in [0, 0.05) is 11.1 Å². The molecule has 5 N–H and O–H groups in total. The van der Waals surface area contributed by atoms with Crippen LogP contribution in [-0.2, 0) is 12.8 Å². The molecule has 1 aromatic heterocycles. The van der Waals surface area contributed by atoms with Crippen molar-refractivity contribution >= 4 is 11.8 Å². The van der Waals surface area contributed by atoms with Crippen molar-refractivity contribution in [1.82, 2.24) is 9.97 Å². The van der Waals surface area contributed by atoms with Crippen LogP contribution in [0.2, 0.25) is 0 Å². The van der Waals surface area contributed by atoms with Gasteiger partial charge in [0.15, 0.2) is 0 Å². The molecule has 0 atom stereocenters. The molecule has 0 radical (unpaired) electrons. The van der Waals surface area contributed by atoms with Gasteiger partial charge in [0.05, 0.1) is 23.4 Å². The molecule has 0 aliphatic heterocycles. The zero-order valence-corrected chi connectivity index (χ0v) is 14.5. The molecule has 0 bridgehead atoms. The van der Waals surface area contributed by atoms with E-state index in [2.05, 4.69) is 21.8 Å². The molecule has 0 aliphatic rings. The maximum absolute atomic E-state index is 13.0. The molecule has 0 saturated carbocycles. The largest absolute Gasteiger partial charge is 0.416 e. The van der Waals surface area contributed by atoms with Crippen LogP contribution in [0.3, 0.4) is 0 Å². The quantitative estimate of drug-likeness (QED) is 0.590. The van der Waals surface area contributed by atoms with E-state index in [1.807, 2.05) is 0 Å². The highest BCUT2D eigenvalue weighted by Gasteiger charge is 2.30. The first kappa shape index (κ1) is 19.2. The van der Waals surface area contributed by atoms with E-state index in [0.717, 1.165) is 17.7 Å². The van der Waals surface area contributed by atoms with E-state index in [-0.39, 0.29) is 35.2 Å². The summed E-state index contributed by atoms with van der Waals surface area (Å²) in [6.07, 6.45) is -4.50. The van der Waals surface area contributed by atoms with Gasteiger partial charge in [0.1, 0.15) is 5.82 Å². The standard InChI is InChI=1S/C20H15F3N4O/c21-20(22,23)15-3-1-2-14(10-15)17-16(18(24)27-19(25)26-17)9-8-12-4-6-13(11-28)7-5-12/h1-7,10,28H,11H2,(H4,24,25,26,27). The minimum atomic E-state index is -4.50. The van der Waals surface area contributed by atoms with Crippen LogP contribution in [0, 0.1) is 11.8 Å². The predicted octanol–water partition coefficient (Wildman–Crippen LogP) is 3.22. The van der Waals surface area contributed by atoms with Crippen molar-refractivity contribution in [3.05, 3.63) is 70.8 Å². The Morgan fingerprint density at radius 1 is 0.964 bits per heavy atom. The molecule has 0 fully saturated rings. The first-order valence-electron chi connectivity index (χ1n) is 8.10. The zero-order valence-electron chi connectivity index (χ0n) is 14.5. The Bertz CT molecular complexity index is 1070. The SMILES string of the molecule is Nc1nc(N)c(C#Cc2ccc(CO)cc2)c(-c2cccc(C(F)(F)F)c2)n1. The molecule has 0 saturated heterocycles. The van der Waals surface area contributed by atoms with Crippen molar-refractivity contribution in [2.45, 2.75) is 12.8 Å². The number of anilines is 2. The second-order valence-corrected chi connectivity index (χ2v) is 5.87. The number of aromatic nitrogens is 2. The third kappa shape index (κ3) is 4.22. The number of rotatable bonds is 2. The summed E-state index contributed by atoms with van der Waals surface area (Å²) in [5.41, 5.74) is 12.5. The van der Waals surface area contributed by atoms with E-state index in [0.29, 0.717) is 5.56 Å². The molecule has 3 aromatic rings. The Labute approximate surface area is 158 Å². The Kier molecular flexibility index (Phi) is 5.20. The molecule has 0 spiro atoms. The van der Waals surface area contributed by atoms with Crippen LogP contribution < -0.4 is 11.5 Å². The molecule has 0 amide bonds. The van der Waals surface area contributed by atoms with Gasteiger partial charge < -0.3 is 16.6 Å². The first-order valence-corrected chi connectivity index (χ1v) is 8.10. The normalized spacial score (nSPS) is 11.0. The van der Waals surface area contributed by atoms with Crippen molar-refractivity contribution in [3.63, 3.8) is 0 Å². The molecule has 2 aromatic carbocycles. The van der Waals surface area contributed by atoms with E-state index in [1.165, 1.54) is 12.1 Å². The fraction of sp³-hybridized carbons (Fsp3) is 0.100. The highest BCUT2D eigenvalue weighted by molar-refractivity contribution is 5.74. The van der Waals surface area contributed by atoms with Gasteiger partial charge >= 0.3 is 6.18 Å². The molecule has 8 heteroatoms. The van der Waals surface area contributed by atoms with Gasteiger partial charge in [-0.15, -0.1) is 0 Å². The molecular weight excluding hydrogens is 369 g/mol. The van der Waals surface area contributed by atoms with Crippen LogP contribution in [0.1, 0.15) is 22.3 Å². The van der Waals surface area contributed by atoms with Gasteiger partial charge in [-0.2, -0.15) is 18.2 Å². The number of hydrogen-bond acceptors (Lipinski definition) is 5. The fourth-order valence-corrected chi connectivity index (χ4v) is 2.50. The number of aliphatic hydroxyl groups excluding tert-OH is 1. The predicted molar refractivity (Wildman–Crippen MR) is 99.6 cm³/mol. The summed E-state index contributed by atoms with van der Waals surface area (Å²) in [5, 5.41) is 9.08. The van der Waals surface area contributed by atoms with Gasteiger partial charge in [0.25, 0.3) is 0 Å². The average molecular weight is 384 g/mol.